The first-order valence-electron chi connectivity index (χ1n) is 5.58. The smallest absolute Gasteiger partial charge is 0.231 e. The lowest BCUT2D eigenvalue weighted by Crippen LogP contribution is -1.92. The van der Waals surface area contributed by atoms with E-state index >= 15 is 0 Å². The molecule has 3 nitrogen and oxygen atoms in total. The predicted molar refractivity (Wildman–Crippen MR) is 62.5 cm³/mol. The van der Waals surface area contributed by atoms with Gasteiger partial charge in [0.05, 0.1) is 12.9 Å². The highest BCUT2D eigenvalue weighted by Crippen LogP contribution is 2.32. The molecule has 0 spiro atoms. The molecular weight excluding hydrogens is 204 g/mol. The summed E-state index contributed by atoms with van der Waals surface area (Å²) < 4.78 is 15.9. The SMILES string of the molecule is CCCCO/C=C/c1ccc2c(c1)OCO2. The van der Waals surface area contributed by atoms with Crippen LogP contribution in [0.2, 0.25) is 0 Å². The van der Waals surface area contributed by atoms with Crippen molar-refractivity contribution in [3.8, 4) is 11.5 Å². The van der Waals surface area contributed by atoms with E-state index in [1.807, 2.05) is 24.3 Å². The van der Waals surface area contributed by atoms with Gasteiger partial charge in [-0.25, -0.2) is 0 Å². The van der Waals surface area contributed by atoms with Crippen LogP contribution in [0.1, 0.15) is 25.3 Å². The van der Waals surface area contributed by atoms with E-state index in [2.05, 4.69) is 6.92 Å². The fraction of sp³-hybridized carbons (Fsp3) is 0.385. The zero-order valence-corrected chi connectivity index (χ0v) is 9.44. The summed E-state index contributed by atoms with van der Waals surface area (Å²) in [6.07, 6.45) is 5.90. The molecule has 1 aliphatic rings. The van der Waals surface area contributed by atoms with Gasteiger partial charge in [-0.1, -0.05) is 19.4 Å². The van der Waals surface area contributed by atoms with Crippen molar-refractivity contribution in [3.63, 3.8) is 0 Å². The molecule has 0 amide bonds. The summed E-state index contributed by atoms with van der Waals surface area (Å²) in [5.41, 5.74) is 1.06. The maximum absolute atomic E-state index is 5.34. The summed E-state index contributed by atoms with van der Waals surface area (Å²) >= 11 is 0. The molecule has 0 fully saturated rings. The fourth-order valence-electron chi connectivity index (χ4n) is 1.44. The molecule has 0 aliphatic carbocycles. The maximum atomic E-state index is 5.34. The van der Waals surface area contributed by atoms with Gasteiger partial charge in [0, 0.05) is 0 Å². The van der Waals surface area contributed by atoms with Gasteiger partial charge >= 0.3 is 0 Å². The van der Waals surface area contributed by atoms with Gasteiger partial charge in [0.15, 0.2) is 11.5 Å². The molecule has 0 bridgehead atoms. The van der Waals surface area contributed by atoms with Gasteiger partial charge in [0.25, 0.3) is 0 Å². The third-order valence-corrected chi connectivity index (χ3v) is 2.37. The molecule has 1 aromatic rings. The number of benzene rings is 1. The number of hydrogen-bond acceptors (Lipinski definition) is 3. The van der Waals surface area contributed by atoms with E-state index < -0.39 is 0 Å². The van der Waals surface area contributed by atoms with Crippen molar-refractivity contribution < 1.29 is 14.2 Å². The van der Waals surface area contributed by atoms with E-state index in [4.69, 9.17) is 14.2 Å². The highest BCUT2D eigenvalue weighted by molar-refractivity contribution is 5.55. The van der Waals surface area contributed by atoms with Crippen LogP contribution in [0.15, 0.2) is 24.5 Å². The number of rotatable bonds is 5. The van der Waals surface area contributed by atoms with Crippen LogP contribution in [0.3, 0.4) is 0 Å². The zero-order valence-electron chi connectivity index (χ0n) is 9.44. The number of unbranched alkanes of at least 4 members (excludes halogenated alkanes) is 1. The standard InChI is InChI=1S/C13H16O3/c1-2-3-7-14-8-6-11-4-5-12-13(9-11)16-10-15-12/h4-6,8-9H,2-3,7,10H2,1H3/b8-6+. The minimum atomic E-state index is 0.315. The average molecular weight is 220 g/mol. The molecule has 0 radical (unpaired) electrons. The summed E-state index contributed by atoms with van der Waals surface area (Å²) in [5, 5.41) is 0. The van der Waals surface area contributed by atoms with Gasteiger partial charge in [-0.3, -0.25) is 0 Å². The minimum absolute atomic E-state index is 0.315. The van der Waals surface area contributed by atoms with Crippen LogP contribution in [-0.2, 0) is 4.74 Å². The third kappa shape index (κ3) is 2.69. The first-order valence-corrected chi connectivity index (χ1v) is 5.58. The van der Waals surface area contributed by atoms with Crippen LogP contribution in [0.5, 0.6) is 11.5 Å². The van der Waals surface area contributed by atoms with Crippen molar-refractivity contribution in [2.45, 2.75) is 19.8 Å². The van der Waals surface area contributed by atoms with Crippen LogP contribution >= 0.6 is 0 Å². The second kappa shape index (κ2) is 5.45. The van der Waals surface area contributed by atoms with Crippen LogP contribution in [0.4, 0.5) is 0 Å². The quantitative estimate of drug-likeness (QED) is 0.563. The van der Waals surface area contributed by atoms with Crippen LogP contribution in [0, 0.1) is 0 Å². The molecule has 1 heterocycles. The molecule has 0 saturated heterocycles. The van der Waals surface area contributed by atoms with Gasteiger partial charge in [-0.15, -0.1) is 0 Å². The van der Waals surface area contributed by atoms with Gasteiger partial charge in [-0.2, -0.15) is 0 Å². The summed E-state index contributed by atoms with van der Waals surface area (Å²) in [7, 11) is 0. The van der Waals surface area contributed by atoms with Crippen LogP contribution in [-0.4, -0.2) is 13.4 Å². The molecule has 2 rings (SSSR count). The van der Waals surface area contributed by atoms with Crippen molar-refractivity contribution in [1.29, 1.82) is 0 Å². The van der Waals surface area contributed by atoms with E-state index in [1.54, 1.807) is 6.26 Å². The molecule has 16 heavy (non-hydrogen) atoms. The van der Waals surface area contributed by atoms with E-state index in [-0.39, 0.29) is 0 Å². The Hall–Kier alpha value is -1.64. The highest BCUT2D eigenvalue weighted by atomic mass is 16.7. The largest absolute Gasteiger partial charge is 0.501 e. The molecule has 0 saturated carbocycles. The summed E-state index contributed by atoms with van der Waals surface area (Å²) in [5.74, 6) is 1.61. The van der Waals surface area contributed by atoms with Gasteiger partial charge in [-0.05, 0) is 30.2 Å². The monoisotopic (exact) mass is 220 g/mol. The van der Waals surface area contributed by atoms with Crippen molar-refractivity contribution in [2.24, 2.45) is 0 Å². The molecular formula is C13H16O3. The molecule has 86 valence electrons. The second-order valence-electron chi connectivity index (χ2n) is 3.64. The predicted octanol–water partition coefficient (Wildman–Crippen LogP) is 3.20. The maximum Gasteiger partial charge on any atom is 0.231 e. The minimum Gasteiger partial charge on any atom is -0.501 e. The van der Waals surface area contributed by atoms with Crippen molar-refractivity contribution in [1.82, 2.24) is 0 Å². The van der Waals surface area contributed by atoms with E-state index in [1.165, 1.54) is 0 Å². The fourth-order valence-corrected chi connectivity index (χ4v) is 1.44. The lowest BCUT2D eigenvalue weighted by Gasteiger charge is -1.99. The first kappa shape index (κ1) is 10.9. The molecule has 0 N–H and O–H groups in total. The lowest BCUT2D eigenvalue weighted by atomic mass is 10.2. The Labute approximate surface area is 95.6 Å². The van der Waals surface area contributed by atoms with Crippen molar-refractivity contribution in [2.75, 3.05) is 13.4 Å². The van der Waals surface area contributed by atoms with Gasteiger partial charge < -0.3 is 14.2 Å². The molecule has 0 unspecified atom stereocenters. The average Bonchev–Trinajstić information content (AvgIpc) is 2.76. The van der Waals surface area contributed by atoms with Crippen molar-refractivity contribution in [3.05, 3.63) is 30.0 Å². The van der Waals surface area contributed by atoms with E-state index in [0.29, 0.717) is 6.79 Å². The number of fused-ring (bicyclic) bond motifs is 1. The molecule has 3 heteroatoms. The highest BCUT2D eigenvalue weighted by Gasteiger charge is 2.11. The molecule has 1 aromatic carbocycles. The first-order chi connectivity index (χ1) is 7.90. The van der Waals surface area contributed by atoms with Crippen molar-refractivity contribution >= 4 is 6.08 Å². The molecule has 0 atom stereocenters. The Morgan fingerprint density at radius 2 is 2.19 bits per heavy atom. The van der Waals surface area contributed by atoms with Crippen LogP contribution in [0.25, 0.3) is 6.08 Å². The third-order valence-electron chi connectivity index (χ3n) is 2.37. The summed E-state index contributed by atoms with van der Waals surface area (Å²) in [6.45, 7) is 3.23. The van der Waals surface area contributed by atoms with Gasteiger partial charge in [0.1, 0.15) is 0 Å². The Morgan fingerprint density at radius 1 is 1.31 bits per heavy atom. The normalized spacial score (nSPS) is 13.3. The summed E-state index contributed by atoms with van der Waals surface area (Å²) in [4.78, 5) is 0. The number of ether oxygens (including phenoxy) is 3. The number of hydrogen-bond donors (Lipinski definition) is 0. The topological polar surface area (TPSA) is 27.7 Å². The Balaban J connectivity index is 1.90. The van der Waals surface area contributed by atoms with E-state index in [9.17, 15) is 0 Å². The lowest BCUT2D eigenvalue weighted by molar-refractivity contribution is 0.174. The zero-order chi connectivity index (χ0) is 11.2. The Kier molecular flexibility index (Phi) is 3.70. The molecule has 1 aliphatic heterocycles. The summed E-state index contributed by atoms with van der Waals surface area (Å²) in [6, 6.07) is 5.84. The van der Waals surface area contributed by atoms with E-state index in [0.717, 1.165) is 36.5 Å². The van der Waals surface area contributed by atoms with Crippen LogP contribution < -0.4 is 9.47 Å². The Morgan fingerprint density at radius 3 is 3.06 bits per heavy atom. The Bertz CT molecular complexity index is 371. The second-order valence-corrected chi connectivity index (χ2v) is 3.64. The van der Waals surface area contributed by atoms with Gasteiger partial charge in [0.2, 0.25) is 6.79 Å². The molecule has 0 aromatic heterocycles.